The molecule has 0 atom stereocenters. The molecule has 0 fully saturated rings. The topological polar surface area (TPSA) is 81.4 Å². The summed E-state index contributed by atoms with van der Waals surface area (Å²) in [5, 5.41) is 2.78. The van der Waals surface area contributed by atoms with Crippen molar-refractivity contribution in [2.45, 2.75) is 13.3 Å². The van der Waals surface area contributed by atoms with E-state index >= 15 is 0 Å². The zero-order valence-electron chi connectivity index (χ0n) is 12.6. The van der Waals surface area contributed by atoms with E-state index in [0.29, 0.717) is 22.6 Å². The van der Waals surface area contributed by atoms with E-state index in [0.717, 1.165) is 12.0 Å². The Hall–Kier alpha value is -2.82. The fourth-order valence-electron chi connectivity index (χ4n) is 2.07. The van der Waals surface area contributed by atoms with Gasteiger partial charge in [0.25, 0.3) is 5.91 Å². The van der Waals surface area contributed by atoms with Gasteiger partial charge in [0, 0.05) is 11.3 Å². The molecule has 0 heterocycles. The maximum absolute atomic E-state index is 12.4. The summed E-state index contributed by atoms with van der Waals surface area (Å²) in [5.74, 6) is -0.252. The van der Waals surface area contributed by atoms with E-state index in [4.69, 9.17) is 10.5 Å². The summed E-state index contributed by atoms with van der Waals surface area (Å²) >= 11 is 0. The van der Waals surface area contributed by atoms with Crippen LogP contribution in [-0.4, -0.2) is 18.9 Å². The number of primary amides is 1. The average Bonchev–Trinajstić information content (AvgIpc) is 2.54. The van der Waals surface area contributed by atoms with Crippen LogP contribution in [0.15, 0.2) is 42.5 Å². The minimum Gasteiger partial charge on any atom is -0.496 e. The van der Waals surface area contributed by atoms with Crippen molar-refractivity contribution in [2.75, 3.05) is 12.4 Å². The number of ether oxygens (including phenoxy) is 1. The van der Waals surface area contributed by atoms with Crippen molar-refractivity contribution in [3.63, 3.8) is 0 Å². The first-order valence-electron chi connectivity index (χ1n) is 6.93. The minimum atomic E-state index is -0.504. The van der Waals surface area contributed by atoms with E-state index in [1.54, 1.807) is 30.3 Å². The fourth-order valence-corrected chi connectivity index (χ4v) is 2.07. The van der Waals surface area contributed by atoms with Crippen LogP contribution < -0.4 is 15.8 Å². The Morgan fingerprint density at radius 3 is 2.36 bits per heavy atom. The van der Waals surface area contributed by atoms with Crippen LogP contribution in [-0.2, 0) is 6.42 Å². The van der Waals surface area contributed by atoms with Crippen LogP contribution in [0, 0.1) is 0 Å². The number of nitrogens with one attached hydrogen (secondary N) is 1. The standard InChI is InChI=1S/C17H18N2O3/c1-3-11-4-9-15(22-2)14(10-11)17(21)19-13-7-5-12(6-8-13)16(18)20/h4-10H,3H2,1-2H3,(H2,18,20)(H,19,21). The predicted molar refractivity (Wildman–Crippen MR) is 85.3 cm³/mol. The first kappa shape index (κ1) is 15.6. The Balaban J connectivity index is 2.23. The summed E-state index contributed by atoms with van der Waals surface area (Å²) in [5.41, 5.74) is 7.68. The van der Waals surface area contributed by atoms with Crippen LogP contribution in [0.25, 0.3) is 0 Å². The SMILES string of the molecule is CCc1ccc(OC)c(C(=O)Nc2ccc(C(N)=O)cc2)c1. The molecular formula is C17H18N2O3. The molecule has 2 rings (SSSR count). The number of carbonyl (C=O) groups is 2. The Morgan fingerprint density at radius 1 is 1.14 bits per heavy atom. The van der Waals surface area contributed by atoms with Crippen molar-refractivity contribution in [3.8, 4) is 5.75 Å². The number of hydrogen-bond donors (Lipinski definition) is 2. The molecule has 0 aromatic heterocycles. The summed E-state index contributed by atoms with van der Waals surface area (Å²) in [6, 6.07) is 11.9. The van der Waals surface area contributed by atoms with Crippen LogP contribution in [0.1, 0.15) is 33.2 Å². The molecular weight excluding hydrogens is 280 g/mol. The van der Waals surface area contributed by atoms with Crippen LogP contribution >= 0.6 is 0 Å². The van der Waals surface area contributed by atoms with Crippen molar-refractivity contribution in [2.24, 2.45) is 5.73 Å². The molecule has 2 aromatic rings. The Labute approximate surface area is 129 Å². The third kappa shape index (κ3) is 3.44. The molecule has 0 saturated heterocycles. The predicted octanol–water partition coefficient (Wildman–Crippen LogP) is 2.61. The molecule has 0 saturated carbocycles. The van der Waals surface area contributed by atoms with Gasteiger partial charge in [-0.25, -0.2) is 0 Å². The van der Waals surface area contributed by atoms with Gasteiger partial charge >= 0.3 is 0 Å². The molecule has 0 aliphatic carbocycles. The minimum absolute atomic E-state index is 0.265. The normalized spacial score (nSPS) is 10.1. The summed E-state index contributed by atoms with van der Waals surface area (Å²) < 4.78 is 5.23. The van der Waals surface area contributed by atoms with Gasteiger partial charge in [-0.2, -0.15) is 0 Å². The maximum atomic E-state index is 12.4. The van der Waals surface area contributed by atoms with Gasteiger partial charge in [-0.15, -0.1) is 0 Å². The van der Waals surface area contributed by atoms with Gasteiger partial charge in [0.15, 0.2) is 0 Å². The van der Waals surface area contributed by atoms with Crippen LogP contribution in [0.3, 0.4) is 0 Å². The number of methoxy groups -OCH3 is 1. The van der Waals surface area contributed by atoms with E-state index < -0.39 is 5.91 Å². The van der Waals surface area contributed by atoms with Gasteiger partial charge in [-0.1, -0.05) is 13.0 Å². The second-order valence-corrected chi connectivity index (χ2v) is 4.78. The third-order valence-corrected chi connectivity index (χ3v) is 3.34. The molecule has 2 amide bonds. The molecule has 0 unspecified atom stereocenters. The van der Waals surface area contributed by atoms with Gasteiger partial charge < -0.3 is 15.8 Å². The van der Waals surface area contributed by atoms with E-state index in [1.807, 2.05) is 19.1 Å². The lowest BCUT2D eigenvalue weighted by Crippen LogP contribution is -2.14. The summed E-state index contributed by atoms with van der Waals surface area (Å²) in [6.45, 7) is 2.02. The molecule has 0 aliphatic rings. The van der Waals surface area contributed by atoms with Gasteiger partial charge in [-0.05, 0) is 48.4 Å². The summed E-state index contributed by atoms with van der Waals surface area (Å²) in [6.07, 6.45) is 0.831. The molecule has 5 heteroatoms. The second-order valence-electron chi connectivity index (χ2n) is 4.78. The van der Waals surface area contributed by atoms with Crippen molar-refractivity contribution < 1.29 is 14.3 Å². The Kier molecular flexibility index (Phi) is 4.78. The highest BCUT2D eigenvalue weighted by Gasteiger charge is 2.13. The molecule has 0 aliphatic heterocycles. The highest BCUT2D eigenvalue weighted by molar-refractivity contribution is 6.06. The van der Waals surface area contributed by atoms with Gasteiger partial charge in [-0.3, -0.25) is 9.59 Å². The second kappa shape index (κ2) is 6.76. The monoisotopic (exact) mass is 298 g/mol. The number of hydrogen-bond acceptors (Lipinski definition) is 3. The molecule has 3 N–H and O–H groups in total. The molecule has 2 aromatic carbocycles. The van der Waals surface area contributed by atoms with Crippen LogP contribution in [0.5, 0.6) is 5.75 Å². The quantitative estimate of drug-likeness (QED) is 0.890. The summed E-state index contributed by atoms with van der Waals surface area (Å²) in [7, 11) is 1.53. The molecule has 0 bridgehead atoms. The summed E-state index contributed by atoms with van der Waals surface area (Å²) in [4.78, 5) is 23.4. The van der Waals surface area contributed by atoms with Gasteiger partial charge in [0.05, 0.1) is 12.7 Å². The number of amides is 2. The van der Waals surface area contributed by atoms with Crippen LogP contribution in [0.4, 0.5) is 5.69 Å². The van der Waals surface area contributed by atoms with Crippen molar-refractivity contribution >= 4 is 17.5 Å². The Bertz CT molecular complexity index is 694. The molecule has 114 valence electrons. The first-order valence-corrected chi connectivity index (χ1v) is 6.93. The number of rotatable bonds is 5. The molecule has 5 nitrogen and oxygen atoms in total. The maximum Gasteiger partial charge on any atom is 0.259 e. The van der Waals surface area contributed by atoms with Crippen molar-refractivity contribution in [1.82, 2.24) is 0 Å². The van der Waals surface area contributed by atoms with E-state index in [9.17, 15) is 9.59 Å². The fraction of sp³-hybridized carbons (Fsp3) is 0.176. The number of carbonyl (C=O) groups excluding carboxylic acids is 2. The Morgan fingerprint density at radius 2 is 1.82 bits per heavy atom. The number of anilines is 1. The lowest BCUT2D eigenvalue weighted by molar-refractivity contribution is 0.0998. The highest BCUT2D eigenvalue weighted by atomic mass is 16.5. The number of benzene rings is 2. The zero-order chi connectivity index (χ0) is 16.1. The lowest BCUT2D eigenvalue weighted by atomic mass is 10.1. The highest BCUT2D eigenvalue weighted by Crippen LogP contribution is 2.22. The van der Waals surface area contributed by atoms with Gasteiger partial charge in [0.2, 0.25) is 5.91 Å². The largest absolute Gasteiger partial charge is 0.496 e. The molecule has 0 spiro atoms. The first-order chi connectivity index (χ1) is 10.5. The van der Waals surface area contributed by atoms with Crippen molar-refractivity contribution in [1.29, 1.82) is 0 Å². The van der Waals surface area contributed by atoms with E-state index in [2.05, 4.69) is 5.32 Å². The smallest absolute Gasteiger partial charge is 0.259 e. The van der Waals surface area contributed by atoms with Gasteiger partial charge in [0.1, 0.15) is 5.75 Å². The third-order valence-electron chi connectivity index (χ3n) is 3.34. The molecule has 0 radical (unpaired) electrons. The van der Waals surface area contributed by atoms with E-state index in [1.165, 1.54) is 7.11 Å². The van der Waals surface area contributed by atoms with E-state index in [-0.39, 0.29) is 5.91 Å². The average molecular weight is 298 g/mol. The zero-order valence-corrected chi connectivity index (χ0v) is 12.6. The van der Waals surface area contributed by atoms with Crippen molar-refractivity contribution in [3.05, 3.63) is 59.2 Å². The number of aryl methyl sites for hydroxylation is 1. The number of nitrogens with two attached hydrogens (primary N) is 1. The molecule has 22 heavy (non-hydrogen) atoms. The van der Waals surface area contributed by atoms with Crippen LogP contribution in [0.2, 0.25) is 0 Å². The lowest BCUT2D eigenvalue weighted by Gasteiger charge is -2.11.